The lowest BCUT2D eigenvalue weighted by atomic mass is 9.95. The van der Waals surface area contributed by atoms with Crippen LogP contribution in [0.3, 0.4) is 0 Å². The van der Waals surface area contributed by atoms with Crippen molar-refractivity contribution in [2.24, 2.45) is 5.92 Å². The Morgan fingerprint density at radius 1 is 1.20 bits per heavy atom. The van der Waals surface area contributed by atoms with Crippen molar-refractivity contribution < 1.29 is 9.21 Å². The molecule has 4 heterocycles. The van der Waals surface area contributed by atoms with Crippen LogP contribution >= 0.6 is 0 Å². The van der Waals surface area contributed by atoms with Crippen LogP contribution in [0.15, 0.2) is 27.4 Å². The predicted molar refractivity (Wildman–Crippen MR) is 97.1 cm³/mol. The molecule has 0 radical (unpaired) electrons. The van der Waals surface area contributed by atoms with Crippen molar-refractivity contribution in [3.8, 4) is 0 Å². The van der Waals surface area contributed by atoms with Gasteiger partial charge < -0.3 is 20.0 Å². The van der Waals surface area contributed by atoms with Gasteiger partial charge in [0.05, 0.1) is 0 Å². The Bertz CT molecular complexity index is 885. The second kappa shape index (κ2) is 6.19. The largest absolute Gasteiger partial charge is 0.423 e. The molecule has 1 aromatic carbocycles. The molecule has 3 saturated heterocycles. The molecule has 2 N–H and O–H groups in total. The summed E-state index contributed by atoms with van der Waals surface area (Å²) in [6.45, 7) is 6.45. The van der Waals surface area contributed by atoms with Gasteiger partial charge in [-0.2, -0.15) is 0 Å². The van der Waals surface area contributed by atoms with Crippen LogP contribution in [0.4, 0.5) is 10.5 Å². The van der Waals surface area contributed by atoms with Gasteiger partial charge in [-0.05, 0) is 62.4 Å². The van der Waals surface area contributed by atoms with Gasteiger partial charge in [0, 0.05) is 36.3 Å². The van der Waals surface area contributed by atoms with E-state index in [1.807, 2.05) is 30.9 Å². The minimum atomic E-state index is -0.353. The predicted octanol–water partition coefficient (Wildman–Crippen LogP) is 2.63. The van der Waals surface area contributed by atoms with Crippen LogP contribution in [-0.4, -0.2) is 36.6 Å². The van der Waals surface area contributed by atoms with Crippen molar-refractivity contribution in [3.05, 3.63) is 39.7 Å². The average molecular weight is 341 g/mol. The molecule has 0 aliphatic carbocycles. The zero-order chi connectivity index (χ0) is 17.6. The molecule has 5 rings (SSSR count). The van der Waals surface area contributed by atoms with Crippen LogP contribution in [0.2, 0.25) is 0 Å². The minimum Gasteiger partial charge on any atom is -0.423 e. The summed E-state index contributed by atoms with van der Waals surface area (Å²) in [5, 5.41) is 7.36. The number of rotatable bonds is 1. The maximum Gasteiger partial charge on any atom is 0.336 e. The number of piperidine rings is 1. The molecule has 6 nitrogen and oxygen atoms in total. The standard InChI is InChI=1S/C19H23N3O3/c1-11-6-18(23)25-17-5-12(2)16(7-15(11)17)21-19(24)22-10-13-3-4-14(22)9-20-8-13/h5-7,13-14,20H,3-4,8-10H2,1-2H3,(H,21,24)/t13-,14+/m1/s1. The SMILES string of the molecule is Cc1cc2oc(=O)cc(C)c2cc1NC(=O)N1C[C@@H]2CC[C@H]1CNC2. The first-order valence-corrected chi connectivity index (χ1v) is 8.84. The van der Waals surface area contributed by atoms with E-state index < -0.39 is 0 Å². The number of anilines is 1. The number of nitrogens with zero attached hydrogens (tertiary/aromatic N) is 1. The van der Waals surface area contributed by atoms with Gasteiger partial charge in [0.15, 0.2) is 0 Å². The van der Waals surface area contributed by atoms with E-state index in [4.69, 9.17) is 4.42 Å². The number of carbonyl (C=O) groups is 1. The van der Waals surface area contributed by atoms with Crippen LogP contribution in [0.1, 0.15) is 24.0 Å². The molecular weight excluding hydrogens is 318 g/mol. The summed E-state index contributed by atoms with van der Waals surface area (Å²) in [7, 11) is 0. The fourth-order valence-electron chi connectivity index (χ4n) is 3.97. The number of benzene rings is 1. The van der Waals surface area contributed by atoms with E-state index >= 15 is 0 Å². The highest BCUT2D eigenvalue weighted by Gasteiger charge is 2.34. The first kappa shape index (κ1) is 16.1. The Labute approximate surface area is 146 Å². The van der Waals surface area contributed by atoms with Gasteiger partial charge in [-0.3, -0.25) is 0 Å². The highest BCUT2D eigenvalue weighted by molar-refractivity contribution is 5.94. The first-order valence-electron chi connectivity index (χ1n) is 8.84. The Morgan fingerprint density at radius 2 is 2.04 bits per heavy atom. The third kappa shape index (κ3) is 3.02. The highest BCUT2D eigenvalue weighted by atomic mass is 16.4. The Hall–Kier alpha value is -2.34. The lowest BCUT2D eigenvalue weighted by Crippen LogP contribution is -2.49. The lowest BCUT2D eigenvalue weighted by Gasteiger charge is -2.36. The van der Waals surface area contributed by atoms with E-state index in [-0.39, 0.29) is 17.7 Å². The monoisotopic (exact) mass is 341 g/mol. The molecular formula is C19H23N3O3. The molecule has 0 unspecified atom stereocenters. The van der Waals surface area contributed by atoms with E-state index in [1.54, 1.807) is 0 Å². The maximum absolute atomic E-state index is 12.9. The van der Waals surface area contributed by atoms with E-state index in [0.717, 1.165) is 48.3 Å². The second-order valence-electron chi connectivity index (χ2n) is 7.25. The number of aryl methyl sites for hydroxylation is 2. The summed E-state index contributed by atoms with van der Waals surface area (Å²) >= 11 is 0. The van der Waals surface area contributed by atoms with Crippen LogP contribution < -0.4 is 16.3 Å². The van der Waals surface area contributed by atoms with Crippen LogP contribution in [0.25, 0.3) is 11.0 Å². The van der Waals surface area contributed by atoms with Gasteiger partial charge in [-0.1, -0.05) is 0 Å². The van der Waals surface area contributed by atoms with E-state index in [1.165, 1.54) is 12.5 Å². The van der Waals surface area contributed by atoms with Crippen LogP contribution in [0.5, 0.6) is 0 Å². The van der Waals surface area contributed by atoms with Crippen LogP contribution in [-0.2, 0) is 0 Å². The molecule has 0 saturated carbocycles. The number of carbonyl (C=O) groups excluding carboxylic acids is 1. The highest BCUT2D eigenvalue weighted by Crippen LogP contribution is 2.28. The molecule has 1 aromatic heterocycles. The summed E-state index contributed by atoms with van der Waals surface area (Å²) in [6.07, 6.45) is 2.25. The molecule has 3 fully saturated rings. The molecule has 3 aliphatic rings. The van der Waals surface area contributed by atoms with Gasteiger partial charge in [0.1, 0.15) is 5.58 Å². The second-order valence-corrected chi connectivity index (χ2v) is 7.25. The van der Waals surface area contributed by atoms with Crippen molar-refractivity contribution in [1.29, 1.82) is 0 Å². The number of hydrogen-bond acceptors (Lipinski definition) is 4. The molecule has 2 atom stereocenters. The Kier molecular flexibility index (Phi) is 4.00. The van der Waals surface area contributed by atoms with Crippen molar-refractivity contribution in [3.63, 3.8) is 0 Å². The smallest absolute Gasteiger partial charge is 0.336 e. The van der Waals surface area contributed by atoms with Crippen LogP contribution in [0, 0.1) is 19.8 Å². The normalized spacial score (nSPS) is 22.9. The molecule has 132 valence electrons. The van der Waals surface area contributed by atoms with E-state index in [9.17, 15) is 9.59 Å². The summed E-state index contributed by atoms with van der Waals surface area (Å²) < 4.78 is 5.27. The van der Waals surface area contributed by atoms with Gasteiger partial charge in [-0.25, -0.2) is 9.59 Å². The summed E-state index contributed by atoms with van der Waals surface area (Å²) in [5.74, 6) is 0.540. The number of nitrogens with one attached hydrogen (secondary N) is 2. The minimum absolute atomic E-state index is 0.0455. The van der Waals surface area contributed by atoms with Crippen molar-refractivity contribution >= 4 is 22.7 Å². The Morgan fingerprint density at radius 3 is 2.88 bits per heavy atom. The van der Waals surface area contributed by atoms with Gasteiger partial charge in [0.25, 0.3) is 0 Å². The quantitative estimate of drug-likeness (QED) is 0.782. The molecule has 0 spiro atoms. The zero-order valence-corrected chi connectivity index (χ0v) is 14.6. The van der Waals surface area contributed by atoms with Crippen molar-refractivity contribution in [2.45, 2.75) is 32.7 Å². The average Bonchev–Trinajstić information content (AvgIpc) is 2.91. The summed E-state index contributed by atoms with van der Waals surface area (Å²) in [6, 6.07) is 5.41. The van der Waals surface area contributed by atoms with Crippen molar-refractivity contribution in [2.75, 3.05) is 25.0 Å². The molecule has 25 heavy (non-hydrogen) atoms. The fraction of sp³-hybridized carbons (Fsp3) is 0.474. The third-order valence-electron chi connectivity index (χ3n) is 5.42. The molecule has 2 amide bonds. The Balaban J connectivity index is 1.63. The van der Waals surface area contributed by atoms with Gasteiger partial charge >= 0.3 is 11.7 Å². The summed E-state index contributed by atoms with van der Waals surface area (Å²) in [5.41, 5.74) is 2.70. The topological polar surface area (TPSA) is 74.6 Å². The van der Waals surface area contributed by atoms with E-state index in [0.29, 0.717) is 11.5 Å². The number of amides is 2. The number of urea groups is 1. The molecule has 6 heteroatoms. The fourth-order valence-corrected chi connectivity index (χ4v) is 3.97. The van der Waals surface area contributed by atoms with Gasteiger partial charge in [0.2, 0.25) is 0 Å². The molecule has 3 aliphatic heterocycles. The third-order valence-corrected chi connectivity index (χ3v) is 5.42. The lowest BCUT2D eigenvalue weighted by molar-refractivity contribution is 0.153. The van der Waals surface area contributed by atoms with E-state index in [2.05, 4.69) is 10.6 Å². The maximum atomic E-state index is 12.9. The number of fused-ring (bicyclic) bond motifs is 5. The molecule has 2 aromatic rings. The first-order chi connectivity index (χ1) is 12.0. The molecule has 2 bridgehead atoms. The number of hydrogen-bond donors (Lipinski definition) is 2. The zero-order valence-electron chi connectivity index (χ0n) is 14.6. The van der Waals surface area contributed by atoms with Crippen molar-refractivity contribution in [1.82, 2.24) is 10.2 Å². The summed E-state index contributed by atoms with van der Waals surface area (Å²) in [4.78, 5) is 26.4. The van der Waals surface area contributed by atoms with Gasteiger partial charge in [-0.15, -0.1) is 0 Å².